The number of carbonyl (C=O) groups excluding carboxylic acids is 1. The normalized spacial score (nSPS) is 21.1. The molecule has 5 heteroatoms. The summed E-state index contributed by atoms with van der Waals surface area (Å²) in [5.74, 6) is 0.152. The molecule has 4 nitrogen and oxygen atoms in total. The monoisotopic (exact) mass is 347 g/mol. The number of benzene rings is 1. The number of amides is 1. The van der Waals surface area contributed by atoms with E-state index < -0.39 is 0 Å². The van der Waals surface area contributed by atoms with E-state index in [2.05, 4.69) is 32.9 Å². The zero-order valence-corrected chi connectivity index (χ0v) is 13.6. The zero-order chi connectivity index (χ0) is 14.6. The van der Waals surface area contributed by atoms with Crippen molar-refractivity contribution in [2.24, 2.45) is 5.41 Å². The Kier molecular flexibility index (Phi) is 2.91. The molecule has 0 radical (unpaired) electrons. The fourth-order valence-corrected chi connectivity index (χ4v) is 4.52. The molecule has 4 rings (SSSR count). The third-order valence-electron chi connectivity index (χ3n) is 4.82. The molecule has 1 amide bonds. The van der Waals surface area contributed by atoms with E-state index in [1.165, 1.54) is 0 Å². The van der Waals surface area contributed by atoms with Gasteiger partial charge in [0.2, 0.25) is 0 Å². The zero-order valence-electron chi connectivity index (χ0n) is 12.0. The first-order valence-electron chi connectivity index (χ1n) is 7.31. The molecular formula is C16H18BrN3O. The van der Waals surface area contributed by atoms with E-state index in [0.717, 1.165) is 53.5 Å². The van der Waals surface area contributed by atoms with Crippen molar-refractivity contribution in [2.45, 2.75) is 6.42 Å². The number of halogens is 1. The third-order valence-corrected chi connectivity index (χ3v) is 5.48. The number of nitrogens with zero attached hydrogens (tertiary/aromatic N) is 2. The topological polar surface area (TPSA) is 39.3 Å². The quantitative estimate of drug-likeness (QED) is 0.861. The first-order chi connectivity index (χ1) is 10.1. The van der Waals surface area contributed by atoms with Crippen molar-refractivity contribution in [3.63, 3.8) is 0 Å². The Balaban J connectivity index is 1.63. The van der Waals surface area contributed by atoms with Gasteiger partial charge in [-0.05, 0) is 25.6 Å². The number of fused-ring (bicyclic) bond motifs is 1. The Labute approximate surface area is 132 Å². The van der Waals surface area contributed by atoms with Gasteiger partial charge in [0.25, 0.3) is 5.91 Å². The summed E-state index contributed by atoms with van der Waals surface area (Å²) in [6.07, 6.45) is 2.97. The summed E-state index contributed by atoms with van der Waals surface area (Å²) in [5.41, 5.74) is 2.14. The fourth-order valence-electron chi connectivity index (χ4n) is 3.94. The maximum Gasteiger partial charge on any atom is 0.256 e. The van der Waals surface area contributed by atoms with Gasteiger partial charge in [0.05, 0.1) is 5.56 Å². The molecule has 21 heavy (non-hydrogen) atoms. The fraction of sp³-hybridized carbons (Fsp3) is 0.438. The van der Waals surface area contributed by atoms with Crippen molar-refractivity contribution in [3.05, 3.63) is 34.4 Å². The highest BCUT2D eigenvalue weighted by molar-refractivity contribution is 9.10. The van der Waals surface area contributed by atoms with Crippen LogP contribution in [0.25, 0.3) is 10.9 Å². The van der Waals surface area contributed by atoms with Gasteiger partial charge in [-0.1, -0.05) is 22.0 Å². The maximum atomic E-state index is 12.9. The maximum absolute atomic E-state index is 12.9. The number of rotatable bonds is 1. The number of hydrogen-bond acceptors (Lipinski definition) is 2. The van der Waals surface area contributed by atoms with Gasteiger partial charge in [0, 0.05) is 53.2 Å². The summed E-state index contributed by atoms with van der Waals surface area (Å²) in [6, 6.07) is 5.97. The lowest BCUT2D eigenvalue weighted by Gasteiger charge is -2.46. The smallest absolute Gasteiger partial charge is 0.256 e. The average Bonchev–Trinajstić information content (AvgIpc) is 3.03. The lowest BCUT2D eigenvalue weighted by Crippen LogP contribution is -2.55. The second-order valence-electron chi connectivity index (χ2n) is 6.51. The largest absolute Gasteiger partial charge is 0.360 e. The van der Waals surface area contributed by atoms with Crippen LogP contribution in [0.15, 0.2) is 28.9 Å². The molecule has 2 aliphatic heterocycles. The first kappa shape index (κ1) is 13.3. The molecule has 2 fully saturated rings. The van der Waals surface area contributed by atoms with Crippen molar-refractivity contribution < 1.29 is 4.79 Å². The molecule has 2 aromatic rings. The van der Waals surface area contributed by atoms with Crippen LogP contribution in [0, 0.1) is 5.41 Å². The van der Waals surface area contributed by atoms with E-state index in [-0.39, 0.29) is 5.91 Å². The van der Waals surface area contributed by atoms with Gasteiger partial charge in [-0.25, -0.2) is 0 Å². The van der Waals surface area contributed by atoms with E-state index in [0.29, 0.717) is 5.41 Å². The molecule has 0 unspecified atom stereocenters. The minimum absolute atomic E-state index is 0.152. The first-order valence-corrected chi connectivity index (χ1v) is 8.11. The molecule has 0 atom stereocenters. The molecule has 0 aliphatic carbocycles. The van der Waals surface area contributed by atoms with E-state index >= 15 is 0 Å². The van der Waals surface area contributed by atoms with Gasteiger partial charge in [-0.3, -0.25) is 4.79 Å². The Morgan fingerprint density at radius 1 is 1.33 bits per heavy atom. The average molecular weight is 348 g/mol. The Morgan fingerprint density at radius 3 is 2.90 bits per heavy atom. The molecule has 2 aliphatic rings. The van der Waals surface area contributed by atoms with Crippen LogP contribution in [0.4, 0.5) is 0 Å². The lowest BCUT2D eigenvalue weighted by molar-refractivity contribution is 0.0294. The summed E-state index contributed by atoms with van der Waals surface area (Å²) in [4.78, 5) is 20.4. The highest BCUT2D eigenvalue weighted by Gasteiger charge is 2.47. The third kappa shape index (κ3) is 2.02. The summed E-state index contributed by atoms with van der Waals surface area (Å²) < 4.78 is 0.974. The summed E-state index contributed by atoms with van der Waals surface area (Å²) in [7, 11) is 2.15. The SMILES string of the molecule is CN1CC2(CCN(C(=O)c3c[nH]c4cccc(Br)c34)C2)C1. The number of carbonyl (C=O) groups is 1. The number of aromatic nitrogens is 1. The lowest BCUT2D eigenvalue weighted by atomic mass is 9.79. The van der Waals surface area contributed by atoms with Crippen molar-refractivity contribution in [2.75, 3.05) is 33.2 Å². The standard InChI is InChI=1S/C16H18BrN3O/c1-19-8-16(9-19)5-6-20(10-16)15(21)11-7-18-13-4-2-3-12(17)14(11)13/h2-4,7,18H,5-6,8-10H2,1H3. The number of H-pyrrole nitrogens is 1. The van der Waals surface area contributed by atoms with Crippen LogP contribution >= 0.6 is 15.9 Å². The van der Waals surface area contributed by atoms with Gasteiger partial charge >= 0.3 is 0 Å². The molecule has 110 valence electrons. The van der Waals surface area contributed by atoms with Crippen LogP contribution in [0.2, 0.25) is 0 Å². The molecule has 1 spiro atoms. The van der Waals surface area contributed by atoms with Gasteiger partial charge in [-0.2, -0.15) is 0 Å². The molecule has 0 bridgehead atoms. The highest BCUT2D eigenvalue weighted by atomic mass is 79.9. The Bertz CT molecular complexity index is 717. The van der Waals surface area contributed by atoms with E-state index in [1.54, 1.807) is 0 Å². The predicted octanol–water partition coefficient (Wildman–Crippen LogP) is 2.71. The number of nitrogens with one attached hydrogen (secondary N) is 1. The summed E-state index contributed by atoms with van der Waals surface area (Å²) in [6.45, 7) is 4.01. The van der Waals surface area contributed by atoms with Crippen LogP contribution in [-0.4, -0.2) is 53.9 Å². The second-order valence-corrected chi connectivity index (χ2v) is 7.37. The van der Waals surface area contributed by atoms with E-state index in [4.69, 9.17) is 0 Å². The summed E-state index contributed by atoms with van der Waals surface area (Å²) >= 11 is 3.56. The van der Waals surface area contributed by atoms with Crippen LogP contribution in [0.3, 0.4) is 0 Å². The molecule has 2 saturated heterocycles. The number of aromatic amines is 1. The van der Waals surface area contributed by atoms with E-state index in [1.807, 2.05) is 29.3 Å². The van der Waals surface area contributed by atoms with Crippen molar-refractivity contribution >= 4 is 32.7 Å². The van der Waals surface area contributed by atoms with E-state index in [9.17, 15) is 4.79 Å². The minimum atomic E-state index is 0.152. The highest BCUT2D eigenvalue weighted by Crippen LogP contribution is 2.39. The van der Waals surface area contributed by atoms with Crippen LogP contribution in [0.1, 0.15) is 16.8 Å². The molecular weight excluding hydrogens is 330 g/mol. The Hall–Kier alpha value is -1.33. The van der Waals surface area contributed by atoms with Gasteiger partial charge in [0.1, 0.15) is 0 Å². The van der Waals surface area contributed by atoms with Crippen molar-refractivity contribution in [3.8, 4) is 0 Å². The van der Waals surface area contributed by atoms with Crippen LogP contribution in [-0.2, 0) is 0 Å². The molecule has 1 N–H and O–H groups in total. The summed E-state index contributed by atoms with van der Waals surface area (Å²) in [5, 5.41) is 0.995. The number of hydrogen-bond donors (Lipinski definition) is 1. The minimum Gasteiger partial charge on any atom is -0.360 e. The Morgan fingerprint density at radius 2 is 2.14 bits per heavy atom. The van der Waals surface area contributed by atoms with Crippen molar-refractivity contribution in [1.82, 2.24) is 14.8 Å². The molecule has 0 saturated carbocycles. The van der Waals surface area contributed by atoms with Gasteiger partial charge in [-0.15, -0.1) is 0 Å². The van der Waals surface area contributed by atoms with Crippen LogP contribution in [0.5, 0.6) is 0 Å². The predicted molar refractivity (Wildman–Crippen MR) is 86.4 cm³/mol. The van der Waals surface area contributed by atoms with Gasteiger partial charge < -0.3 is 14.8 Å². The number of likely N-dealkylation sites (tertiary alicyclic amines) is 2. The van der Waals surface area contributed by atoms with Crippen molar-refractivity contribution in [1.29, 1.82) is 0 Å². The van der Waals surface area contributed by atoms with Crippen LogP contribution < -0.4 is 0 Å². The molecule has 1 aromatic carbocycles. The molecule has 3 heterocycles. The molecule has 1 aromatic heterocycles. The second kappa shape index (κ2) is 4.58. The van der Waals surface area contributed by atoms with Gasteiger partial charge in [0.15, 0.2) is 0 Å².